The van der Waals surface area contributed by atoms with Gasteiger partial charge in [-0.2, -0.15) is 0 Å². The summed E-state index contributed by atoms with van der Waals surface area (Å²) in [6.07, 6.45) is 0.518. The van der Waals surface area contributed by atoms with Gasteiger partial charge in [0.25, 0.3) is 0 Å². The van der Waals surface area contributed by atoms with Crippen LogP contribution in [0, 0.1) is 0 Å². The average Bonchev–Trinajstić information content (AvgIpc) is 2.42. The Morgan fingerprint density at radius 2 is 2.11 bits per heavy atom. The Morgan fingerprint density at radius 3 is 2.44 bits per heavy atom. The molecule has 2 atom stereocenters. The summed E-state index contributed by atoms with van der Waals surface area (Å²) in [4.78, 5) is 0. The van der Waals surface area contributed by atoms with Crippen LogP contribution >= 0.6 is 0 Å². The van der Waals surface area contributed by atoms with Crippen molar-refractivity contribution in [1.82, 2.24) is 0 Å². The van der Waals surface area contributed by atoms with E-state index in [9.17, 15) is 0 Å². The summed E-state index contributed by atoms with van der Waals surface area (Å²) in [5.41, 5.74) is 0.555. The highest BCUT2D eigenvalue weighted by Crippen LogP contribution is 2.19. The maximum atomic E-state index is 5.59. The van der Waals surface area contributed by atoms with E-state index in [0.717, 1.165) is 0 Å². The van der Waals surface area contributed by atoms with Crippen LogP contribution in [0.25, 0.3) is 0 Å². The molecular weight excluding hydrogens is 148 g/mol. The van der Waals surface area contributed by atoms with Gasteiger partial charge in [0, 0.05) is 0 Å². The molecule has 0 aromatic heterocycles. The molecule has 1 aliphatic rings. The Morgan fingerprint density at radius 1 is 1.56 bits per heavy atom. The molecule has 1 heterocycles. The second kappa shape index (κ2) is 2.96. The van der Waals surface area contributed by atoms with E-state index in [-0.39, 0.29) is 9.76 Å². The Balaban J connectivity index is 1.94. The van der Waals surface area contributed by atoms with E-state index in [0.29, 0.717) is 11.8 Å². The van der Waals surface area contributed by atoms with Crippen LogP contribution in [0.2, 0.25) is 13.1 Å². The molecule has 0 saturated carbocycles. The third kappa shape index (κ3) is 2.62. The molecule has 0 amide bonds. The van der Waals surface area contributed by atoms with Crippen molar-refractivity contribution >= 4 is 18.8 Å². The molecule has 2 nitrogen and oxygen atoms in total. The zero-order valence-electron chi connectivity index (χ0n) is 6.26. The van der Waals surface area contributed by atoms with Gasteiger partial charge in [-0.05, 0) is 20.0 Å². The van der Waals surface area contributed by atoms with Crippen LogP contribution in [0.1, 0.15) is 6.92 Å². The molecule has 1 aliphatic heterocycles. The smallest absolute Gasteiger partial charge is 0.179 e. The third-order valence-corrected chi connectivity index (χ3v) is 6.05. The molecule has 0 aromatic rings. The predicted octanol–water partition coefficient (Wildman–Crippen LogP) is -0.185. The fraction of sp³-hybridized carbons (Fsp3) is 1.00. The van der Waals surface area contributed by atoms with Crippen LogP contribution in [0.3, 0.4) is 0 Å². The lowest BCUT2D eigenvalue weighted by molar-refractivity contribution is 0.402. The van der Waals surface area contributed by atoms with Gasteiger partial charge in [0.15, 0.2) is 18.8 Å². The monoisotopic (exact) mass is 162 g/mol. The lowest BCUT2D eigenvalue weighted by Gasteiger charge is -2.01. The standard InChI is InChI=1S/C5H14O2Si2/c1-4-5(6-4)8-7-9(2)3/h4-5,9H,8H2,1-3H3. The van der Waals surface area contributed by atoms with Crippen LogP contribution in [0.4, 0.5) is 0 Å². The highest BCUT2D eigenvalue weighted by molar-refractivity contribution is 6.56. The average molecular weight is 162 g/mol. The first kappa shape index (κ1) is 7.46. The van der Waals surface area contributed by atoms with E-state index in [1.165, 1.54) is 0 Å². The van der Waals surface area contributed by atoms with Crippen LogP contribution in [-0.4, -0.2) is 30.6 Å². The van der Waals surface area contributed by atoms with E-state index >= 15 is 0 Å². The van der Waals surface area contributed by atoms with Crippen molar-refractivity contribution in [2.75, 3.05) is 0 Å². The highest BCUT2D eigenvalue weighted by atomic mass is 28.3. The van der Waals surface area contributed by atoms with E-state index < -0.39 is 9.04 Å². The Kier molecular flexibility index (Phi) is 2.45. The topological polar surface area (TPSA) is 21.8 Å². The fourth-order valence-corrected chi connectivity index (χ4v) is 3.64. The van der Waals surface area contributed by atoms with Crippen molar-refractivity contribution in [3.05, 3.63) is 0 Å². The minimum atomic E-state index is -0.732. The molecule has 0 aromatic carbocycles. The maximum Gasteiger partial charge on any atom is 0.179 e. The van der Waals surface area contributed by atoms with Gasteiger partial charge in [-0.3, -0.25) is 0 Å². The normalized spacial score (nSPS) is 34.7. The molecular formula is C5H14O2Si2. The molecule has 54 valence electrons. The van der Waals surface area contributed by atoms with E-state index in [1.54, 1.807) is 0 Å². The van der Waals surface area contributed by atoms with Gasteiger partial charge < -0.3 is 8.85 Å². The first-order valence-corrected chi connectivity index (χ1v) is 7.64. The molecule has 1 fully saturated rings. The molecule has 0 aliphatic carbocycles. The van der Waals surface area contributed by atoms with E-state index in [1.807, 2.05) is 0 Å². The lowest BCUT2D eigenvalue weighted by atomic mass is 10.6. The second-order valence-corrected chi connectivity index (χ2v) is 7.33. The number of ether oxygens (including phenoxy) is 1. The highest BCUT2D eigenvalue weighted by Gasteiger charge is 2.34. The van der Waals surface area contributed by atoms with Crippen LogP contribution in [-0.2, 0) is 8.85 Å². The molecule has 0 N–H and O–H groups in total. The number of rotatable bonds is 3. The molecule has 0 spiro atoms. The van der Waals surface area contributed by atoms with E-state index in [2.05, 4.69) is 20.0 Å². The first-order chi connectivity index (χ1) is 4.20. The van der Waals surface area contributed by atoms with Crippen molar-refractivity contribution in [2.45, 2.75) is 31.8 Å². The number of epoxide rings is 1. The van der Waals surface area contributed by atoms with Gasteiger partial charge in [0.05, 0.1) is 11.8 Å². The Hall–Kier alpha value is 0.354. The van der Waals surface area contributed by atoms with Gasteiger partial charge in [0.2, 0.25) is 0 Å². The fourth-order valence-electron chi connectivity index (χ4n) is 0.692. The van der Waals surface area contributed by atoms with Crippen molar-refractivity contribution in [3.8, 4) is 0 Å². The van der Waals surface area contributed by atoms with Crippen molar-refractivity contribution < 1.29 is 8.85 Å². The summed E-state index contributed by atoms with van der Waals surface area (Å²) >= 11 is 0. The van der Waals surface area contributed by atoms with Crippen molar-refractivity contribution in [1.29, 1.82) is 0 Å². The quantitative estimate of drug-likeness (QED) is 0.424. The van der Waals surface area contributed by atoms with Gasteiger partial charge >= 0.3 is 0 Å². The Bertz CT molecular complexity index is 97.0. The minimum Gasteiger partial charge on any atom is -0.461 e. The Labute approximate surface area is 60.2 Å². The van der Waals surface area contributed by atoms with Crippen LogP contribution < -0.4 is 0 Å². The predicted molar refractivity (Wildman–Crippen MR) is 42.8 cm³/mol. The van der Waals surface area contributed by atoms with Gasteiger partial charge in [-0.15, -0.1) is 0 Å². The molecule has 4 heteroatoms. The van der Waals surface area contributed by atoms with Gasteiger partial charge in [-0.25, -0.2) is 0 Å². The largest absolute Gasteiger partial charge is 0.461 e. The SMILES string of the molecule is CC1OC1[SiH2]O[SiH](C)C. The zero-order chi connectivity index (χ0) is 6.85. The summed E-state index contributed by atoms with van der Waals surface area (Å²) < 4.78 is 10.8. The van der Waals surface area contributed by atoms with Crippen molar-refractivity contribution in [2.24, 2.45) is 0 Å². The molecule has 0 bridgehead atoms. The summed E-state index contributed by atoms with van der Waals surface area (Å²) in [5.74, 6) is 0. The van der Waals surface area contributed by atoms with Gasteiger partial charge in [0.1, 0.15) is 0 Å². The van der Waals surface area contributed by atoms with E-state index in [4.69, 9.17) is 8.85 Å². The maximum absolute atomic E-state index is 5.59. The van der Waals surface area contributed by atoms with Gasteiger partial charge in [-0.1, -0.05) is 0 Å². The lowest BCUT2D eigenvalue weighted by Crippen LogP contribution is -2.16. The summed E-state index contributed by atoms with van der Waals surface area (Å²) in [7, 11) is -1.03. The molecule has 1 rings (SSSR count). The second-order valence-electron chi connectivity index (χ2n) is 2.76. The summed E-state index contributed by atoms with van der Waals surface area (Å²) in [5, 5.41) is 0. The van der Waals surface area contributed by atoms with Crippen molar-refractivity contribution in [3.63, 3.8) is 0 Å². The number of hydrogen-bond acceptors (Lipinski definition) is 2. The van der Waals surface area contributed by atoms with Crippen LogP contribution in [0.15, 0.2) is 0 Å². The summed E-state index contributed by atoms with van der Waals surface area (Å²) in [6.45, 7) is 6.53. The minimum absolute atomic E-state index is 0.298. The molecule has 9 heavy (non-hydrogen) atoms. The third-order valence-electron chi connectivity index (χ3n) is 1.43. The molecule has 0 radical (unpaired) electrons. The molecule has 1 saturated heterocycles. The number of hydrogen-bond donors (Lipinski definition) is 0. The van der Waals surface area contributed by atoms with Crippen LogP contribution in [0.5, 0.6) is 0 Å². The summed E-state index contributed by atoms with van der Waals surface area (Å²) in [6, 6.07) is 0. The zero-order valence-corrected chi connectivity index (χ0v) is 8.82. The molecule has 2 unspecified atom stereocenters. The first-order valence-electron chi connectivity index (χ1n) is 3.47.